The van der Waals surface area contributed by atoms with Crippen LogP contribution in [0.15, 0.2) is 42.5 Å². The highest BCUT2D eigenvalue weighted by Gasteiger charge is 2.22. The second-order valence-electron chi connectivity index (χ2n) is 3.02. The highest BCUT2D eigenvalue weighted by Crippen LogP contribution is 2.08. The highest BCUT2D eigenvalue weighted by atomic mass is 16.2. The Bertz CT molecular complexity index is 395. The standard InChI is InChI=1S/C11H9NO2/c13-10-7-4-8-12(10)11(14)9-5-2-1-3-6-9/h1-7H,8H2. The summed E-state index contributed by atoms with van der Waals surface area (Å²) < 4.78 is 0. The van der Waals surface area contributed by atoms with Crippen LogP contribution in [0.3, 0.4) is 0 Å². The maximum Gasteiger partial charge on any atom is 0.261 e. The molecule has 1 aliphatic heterocycles. The molecule has 0 N–H and O–H groups in total. The highest BCUT2D eigenvalue weighted by molar-refractivity contribution is 6.09. The summed E-state index contributed by atoms with van der Waals surface area (Å²) >= 11 is 0. The number of amides is 2. The summed E-state index contributed by atoms with van der Waals surface area (Å²) in [4.78, 5) is 24.1. The van der Waals surface area contributed by atoms with Gasteiger partial charge in [-0.2, -0.15) is 0 Å². The molecule has 3 heteroatoms. The van der Waals surface area contributed by atoms with Crippen molar-refractivity contribution < 1.29 is 9.59 Å². The molecule has 0 unspecified atom stereocenters. The Hall–Kier alpha value is -1.90. The monoisotopic (exact) mass is 187 g/mol. The van der Waals surface area contributed by atoms with Crippen molar-refractivity contribution in [2.24, 2.45) is 0 Å². The summed E-state index contributed by atoms with van der Waals surface area (Å²) in [5, 5.41) is 0. The SMILES string of the molecule is O=C1C=CCN1C(=O)c1ccccc1. The van der Waals surface area contributed by atoms with Gasteiger partial charge >= 0.3 is 0 Å². The van der Waals surface area contributed by atoms with Crippen LogP contribution in [0.5, 0.6) is 0 Å². The maximum atomic E-state index is 11.7. The van der Waals surface area contributed by atoms with Crippen molar-refractivity contribution in [1.82, 2.24) is 4.90 Å². The molecule has 0 aromatic heterocycles. The van der Waals surface area contributed by atoms with Gasteiger partial charge in [0.05, 0.1) is 0 Å². The second kappa shape index (κ2) is 3.46. The van der Waals surface area contributed by atoms with E-state index in [0.29, 0.717) is 12.1 Å². The molecule has 0 saturated carbocycles. The van der Waals surface area contributed by atoms with E-state index in [4.69, 9.17) is 0 Å². The average molecular weight is 187 g/mol. The van der Waals surface area contributed by atoms with Gasteiger partial charge in [-0.3, -0.25) is 14.5 Å². The van der Waals surface area contributed by atoms with Crippen LogP contribution in [0.25, 0.3) is 0 Å². The molecule has 0 atom stereocenters. The smallest absolute Gasteiger partial charge is 0.261 e. The van der Waals surface area contributed by atoms with Gasteiger partial charge in [0.2, 0.25) is 0 Å². The first-order chi connectivity index (χ1) is 6.79. The van der Waals surface area contributed by atoms with Crippen molar-refractivity contribution in [3.8, 4) is 0 Å². The first-order valence-corrected chi connectivity index (χ1v) is 4.36. The largest absolute Gasteiger partial charge is 0.271 e. The molecule has 70 valence electrons. The fourth-order valence-corrected chi connectivity index (χ4v) is 1.36. The fourth-order valence-electron chi connectivity index (χ4n) is 1.36. The zero-order valence-electron chi connectivity index (χ0n) is 7.51. The van der Waals surface area contributed by atoms with Gasteiger partial charge < -0.3 is 0 Å². The molecule has 1 aromatic carbocycles. The molecular weight excluding hydrogens is 178 g/mol. The average Bonchev–Trinajstić information content (AvgIpc) is 2.65. The minimum atomic E-state index is -0.237. The lowest BCUT2D eigenvalue weighted by atomic mass is 10.2. The Morgan fingerprint density at radius 1 is 1.21 bits per heavy atom. The summed E-state index contributed by atoms with van der Waals surface area (Å²) in [6.07, 6.45) is 3.10. The third-order valence-corrected chi connectivity index (χ3v) is 2.08. The molecule has 2 amide bonds. The molecule has 0 fully saturated rings. The summed E-state index contributed by atoms with van der Waals surface area (Å²) in [5.74, 6) is -0.473. The van der Waals surface area contributed by atoms with Crippen molar-refractivity contribution in [1.29, 1.82) is 0 Å². The zero-order chi connectivity index (χ0) is 9.97. The minimum absolute atomic E-state index is 0.236. The number of nitrogens with zero attached hydrogens (tertiary/aromatic N) is 1. The van der Waals surface area contributed by atoms with Crippen LogP contribution in [0.2, 0.25) is 0 Å². The van der Waals surface area contributed by atoms with Crippen LogP contribution < -0.4 is 0 Å². The van der Waals surface area contributed by atoms with Crippen molar-refractivity contribution in [2.75, 3.05) is 6.54 Å². The van der Waals surface area contributed by atoms with Gasteiger partial charge in [0, 0.05) is 18.2 Å². The van der Waals surface area contributed by atoms with E-state index in [1.165, 1.54) is 11.0 Å². The number of carbonyl (C=O) groups is 2. The lowest BCUT2D eigenvalue weighted by molar-refractivity contribution is -0.122. The van der Waals surface area contributed by atoms with E-state index in [1.54, 1.807) is 30.3 Å². The third-order valence-electron chi connectivity index (χ3n) is 2.08. The predicted molar refractivity (Wildman–Crippen MR) is 51.6 cm³/mol. The van der Waals surface area contributed by atoms with Gasteiger partial charge in [-0.25, -0.2) is 0 Å². The minimum Gasteiger partial charge on any atom is -0.271 e. The molecule has 14 heavy (non-hydrogen) atoms. The van der Waals surface area contributed by atoms with E-state index < -0.39 is 0 Å². The van der Waals surface area contributed by atoms with Crippen molar-refractivity contribution in [2.45, 2.75) is 0 Å². The van der Waals surface area contributed by atoms with Gasteiger partial charge in [0.1, 0.15) is 0 Å². The summed E-state index contributed by atoms with van der Waals surface area (Å²) in [6, 6.07) is 8.80. The third kappa shape index (κ3) is 1.44. The van der Waals surface area contributed by atoms with Crippen LogP contribution in [-0.4, -0.2) is 23.3 Å². The first-order valence-electron chi connectivity index (χ1n) is 4.36. The number of hydrogen-bond acceptors (Lipinski definition) is 2. The molecule has 0 radical (unpaired) electrons. The Kier molecular flexibility index (Phi) is 2.14. The van der Waals surface area contributed by atoms with E-state index >= 15 is 0 Å². The van der Waals surface area contributed by atoms with Gasteiger partial charge in [0.15, 0.2) is 0 Å². The second-order valence-corrected chi connectivity index (χ2v) is 3.02. The molecule has 1 aliphatic rings. The molecule has 3 nitrogen and oxygen atoms in total. The van der Waals surface area contributed by atoms with Crippen LogP contribution >= 0.6 is 0 Å². The molecular formula is C11H9NO2. The number of hydrogen-bond donors (Lipinski definition) is 0. The maximum absolute atomic E-state index is 11.7. The van der Waals surface area contributed by atoms with Crippen LogP contribution in [0, 0.1) is 0 Å². The van der Waals surface area contributed by atoms with Crippen molar-refractivity contribution >= 4 is 11.8 Å². The Balaban J connectivity index is 2.21. The lowest BCUT2D eigenvalue weighted by Crippen LogP contribution is -2.32. The van der Waals surface area contributed by atoms with Crippen LogP contribution in [0.4, 0.5) is 0 Å². The lowest BCUT2D eigenvalue weighted by Gasteiger charge is -2.12. The summed E-state index contributed by atoms with van der Waals surface area (Å²) in [6.45, 7) is 0.382. The number of benzene rings is 1. The summed E-state index contributed by atoms with van der Waals surface area (Å²) in [5.41, 5.74) is 0.546. The van der Waals surface area contributed by atoms with E-state index in [2.05, 4.69) is 0 Å². The van der Waals surface area contributed by atoms with Gasteiger partial charge in [-0.05, 0) is 12.1 Å². The van der Waals surface area contributed by atoms with E-state index in [0.717, 1.165) is 0 Å². The zero-order valence-corrected chi connectivity index (χ0v) is 7.51. The number of imide groups is 1. The van der Waals surface area contributed by atoms with E-state index in [-0.39, 0.29) is 11.8 Å². The Morgan fingerprint density at radius 2 is 1.93 bits per heavy atom. The summed E-state index contributed by atoms with van der Waals surface area (Å²) in [7, 11) is 0. The van der Waals surface area contributed by atoms with Crippen LogP contribution in [-0.2, 0) is 4.79 Å². The first kappa shape index (κ1) is 8.69. The van der Waals surface area contributed by atoms with E-state index in [9.17, 15) is 9.59 Å². The van der Waals surface area contributed by atoms with Crippen molar-refractivity contribution in [3.05, 3.63) is 48.0 Å². The Labute approximate surface area is 81.6 Å². The van der Waals surface area contributed by atoms with Gasteiger partial charge in [-0.15, -0.1) is 0 Å². The normalized spacial score (nSPS) is 14.9. The van der Waals surface area contributed by atoms with Crippen molar-refractivity contribution in [3.63, 3.8) is 0 Å². The molecule has 1 heterocycles. The fraction of sp³-hybridized carbons (Fsp3) is 0.0909. The molecule has 0 bridgehead atoms. The Morgan fingerprint density at radius 3 is 2.50 bits per heavy atom. The number of rotatable bonds is 1. The molecule has 1 aromatic rings. The van der Waals surface area contributed by atoms with Gasteiger partial charge in [0.25, 0.3) is 11.8 Å². The molecule has 0 aliphatic carbocycles. The van der Waals surface area contributed by atoms with Gasteiger partial charge in [-0.1, -0.05) is 24.3 Å². The quantitative estimate of drug-likeness (QED) is 0.620. The molecule has 0 saturated heterocycles. The molecule has 0 spiro atoms. The van der Waals surface area contributed by atoms with Crippen LogP contribution in [0.1, 0.15) is 10.4 Å². The number of carbonyl (C=O) groups excluding carboxylic acids is 2. The molecule has 2 rings (SSSR count). The predicted octanol–water partition coefficient (Wildman–Crippen LogP) is 1.23. The topological polar surface area (TPSA) is 37.4 Å². The van der Waals surface area contributed by atoms with E-state index in [1.807, 2.05) is 6.07 Å².